The monoisotopic (exact) mass is 259 g/mol. The Bertz CT molecular complexity index is 491. The van der Waals surface area contributed by atoms with Crippen LogP contribution in [0.2, 0.25) is 0 Å². The Morgan fingerprint density at radius 3 is 2.79 bits per heavy atom. The molecule has 0 spiro atoms. The fourth-order valence-corrected chi connectivity index (χ4v) is 1.94. The van der Waals surface area contributed by atoms with Crippen molar-refractivity contribution in [2.24, 2.45) is 10.3 Å². The van der Waals surface area contributed by atoms with Crippen molar-refractivity contribution in [1.29, 1.82) is 0 Å². The minimum absolute atomic E-state index is 0.734. The molecule has 1 aromatic rings. The Morgan fingerprint density at radius 1 is 1.26 bits per heavy atom. The van der Waals surface area contributed by atoms with Crippen molar-refractivity contribution in [2.75, 3.05) is 13.1 Å². The van der Waals surface area contributed by atoms with E-state index in [1.54, 1.807) is 6.08 Å². The van der Waals surface area contributed by atoms with E-state index in [1.165, 1.54) is 19.3 Å². The number of carboxylic acid groups (broad SMARTS) is 1. The van der Waals surface area contributed by atoms with E-state index in [0.717, 1.165) is 30.4 Å². The van der Waals surface area contributed by atoms with Crippen LogP contribution in [0.4, 0.5) is 5.69 Å². The van der Waals surface area contributed by atoms with Gasteiger partial charge >= 0.3 is 5.97 Å². The lowest BCUT2D eigenvalue weighted by molar-refractivity contribution is -0.131. The van der Waals surface area contributed by atoms with Crippen LogP contribution in [0.1, 0.15) is 24.8 Å². The zero-order valence-corrected chi connectivity index (χ0v) is 10.7. The molecule has 100 valence electrons. The molecule has 1 aliphatic rings. The highest BCUT2D eigenvalue weighted by Gasteiger charge is 2.06. The van der Waals surface area contributed by atoms with Crippen LogP contribution in [0.15, 0.2) is 40.7 Å². The fourth-order valence-electron chi connectivity index (χ4n) is 1.94. The van der Waals surface area contributed by atoms with Crippen molar-refractivity contribution in [1.82, 2.24) is 5.01 Å². The second kappa shape index (κ2) is 6.68. The lowest BCUT2D eigenvalue weighted by atomic mass is 10.2. The molecule has 0 atom stereocenters. The summed E-state index contributed by atoms with van der Waals surface area (Å²) >= 11 is 0. The second-order valence-corrected chi connectivity index (χ2v) is 4.47. The van der Waals surface area contributed by atoms with Crippen LogP contribution in [0.5, 0.6) is 0 Å². The molecule has 19 heavy (non-hydrogen) atoms. The molecule has 0 radical (unpaired) electrons. The summed E-state index contributed by atoms with van der Waals surface area (Å²) in [5.41, 5.74) is 1.54. The van der Waals surface area contributed by atoms with Crippen molar-refractivity contribution >= 4 is 17.7 Å². The van der Waals surface area contributed by atoms with Crippen molar-refractivity contribution < 1.29 is 9.90 Å². The Hall–Kier alpha value is -2.17. The van der Waals surface area contributed by atoms with E-state index in [1.807, 2.05) is 29.3 Å². The van der Waals surface area contributed by atoms with Gasteiger partial charge in [0, 0.05) is 19.2 Å². The largest absolute Gasteiger partial charge is 0.478 e. The van der Waals surface area contributed by atoms with Gasteiger partial charge in [-0.2, -0.15) is 0 Å². The summed E-state index contributed by atoms with van der Waals surface area (Å²) in [4.78, 5) is 10.5. The maximum absolute atomic E-state index is 10.5. The Morgan fingerprint density at radius 2 is 2.05 bits per heavy atom. The first-order chi connectivity index (χ1) is 9.24. The van der Waals surface area contributed by atoms with Gasteiger partial charge in [0.05, 0.1) is 5.69 Å². The van der Waals surface area contributed by atoms with E-state index < -0.39 is 5.97 Å². The molecular weight excluding hydrogens is 242 g/mol. The Balaban J connectivity index is 2.01. The first kappa shape index (κ1) is 13.3. The SMILES string of the molecule is O=C(O)C=Cc1cccc(N=NN2CCCCC2)c1. The summed E-state index contributed by atoms with van der Waals surface area (Å²) in [5.74, 6) is -0.958. The summed E-state index contributed by atoms with van der Waals surface area (Å²) in [7, 11) is 0. The van der Waals surface area contributed by atoms with Gasteiger partial charge in [-0.1, -0.05) is 17.4 Å². The number of hydrogen-bond acceptors (Lipinski definition) is 3. The van der Waals surface area contributed by atoms with E-state index in [-0.39, 0.29) is 0 Å². The lowest BCUT2D eigenvalue weighted by Gasteiger charge is -2.21. The van der Waals surface area contributed by atoms with Gasteiger partial charge in [0.25, 0.3) is 0 Å². The molecule has 0 aliphatic carbocycles. The molecule has 5 heteroatoms. The molecule has 1 aromatic carbocycles. The molecular formula is C14H17N3O2. The number of hydrogen-bond donors (Lipinski definition) is 1. The maximum atomic E-state index is 10.5. The predicted molar refractivity (Wildman–Crippen MR) is 73.1 cm³/mol. The topological polar surface area (TPSA) is 65.3 Å². The molecule has 1 fully saturated rings. The van der Waals surface area contributed by atoms with Gasteiger partial charge in [0.2, 0.25) is 0 Å². The van der Waals surface area contributed by atoms with Gasteiger partial charge in [-0.25, -0.2) is 4.79 Å². The van der Waals surface area contributed by atoms with Crippen LogP contribution >= 0.6 is 0 Å². The highest BCUT2D eigenvalue weighted by Crippen LogP contribution is 2.17. The van der Waals surface area contributed by atoms with E-state index in [9.17, 15) is 4.79 Å². The molecule has 1 saturated heterocycles. The van der Waals surface area contributed by atoms with Crippen molar-refractivity contribution in [3.63, 3.8) is 0 Å². The Labute approximate surface area is 112 Å². The standard InChI is InChI=1S/C14H17N3O2/c18-14(19)8-7-12-5-4-6-13(11-12)15-16-17-9-2-1-3-10-17/h4-8,11H,1-3,9-10H2,(H,18,19). The third-order valence-electron chi connectivity index (χ3n) is 2.91. The molecule has 0 amide bonds. The molecule has 0 bridgehead atoms. The highest BCUT2D eigenvalue weighted by atomic mass is 16.4. The highest BCUT2D eigenvalue weighted by molar-refractivity contribution is 5.85. The van der Waals surface area contributed by atoms with Gasteiger partial charge in [-0.05, 0) is 43.0 Å². The van der Waals surface area contributed by atoms with Gasteiger partial charge in [0.15, 0.2) is 0 Å². The summed E-state index contributed by atoms with van der Waals surface area (Å²) in [5, 5.41) is 19.0. The first-order valence-corrected chi connectivity index (χ1v) is 6.42. The van der Waals surface area contributed by atoms with Crippen LogP contribution in [0.25, 0.3) is 6.08 Å². The third-order valence-corrected chi connectivity index (χ3v) is 2.91. The molecule has 1 aliphatic heterocycles. The van der Waals surface area contributed by atoms with E-state index >= 15 is 0 Å². The summed E-state index contributed by atoms with van der Waals surface area (Å²) in [6.45, 7) is 1.92. The van der Waals surface area contributed by atoms with Gasteiger partial charge in [0.1, 0.15) is 0 Å². The summed E-state index contributed by atoms with van der Waals surface area (Å²) in [6.07, 6.45) is 6.26. The normalized spacial score (nSPS) is 16.3. The zero-order valence-electron chi connectivity index (χ0n) is 10.7. The number of piperidine rings is 1. The first-order valence-electron chi connectivity index (χ1n) is 6.42. The molecule has 5 nitrogen and oxygen atoms in total. The van der Waals surface area contributed by atoms with E-state index in [2.05, 4.69) is 10.3 Å². The minimum atomic E-state index is -0.958. The second-order valence-electron chi connectivity index (χ2n) is 4.47. The summed E-state index contributed by atoms with van der Waals surface area (Å²) < 4.78 is 0. The molecule has 2 rings (SSSR count). The number of benzene rings is 1. The number of nitrogens with zero attached hydrogens (tertiary/aromatic N) is 3. The third kappa shape index (κ3) is 4.54. The Kier molecular flexibility index (Phi) is 4.66. The van der Waals surface area contributed by atoms with Gasteiger partial charge < -0.3 is 5.11 Å². The zero-order chi connectivity index (χ0) is 13.5. The van der Waals surface area contributed by atoms with Gasteiger partial charge in [-0.3, -0.25) is 5.01 Å². The average Bonchev–Trinajstić information content (AvgIpc) is 2.44. The van der Waals surface area contributed by atoms with Gasteiger partial charge in [-0.15, -0.1) is 5.11 Å². The molecule has 0 aromatic heterocycles. The average molecular weight is 259 g/mol. The van der Waals surface area contributed by atoms with Crippen LogP contribution < -0.4 is 0 Å². The summed E-state index contributed by atoms with van der Waals surface area (Å²) in [6, 6.07) is 7.34. The van der Waals surface area contributed by atoms with Crippen molar-refractivity contribution in [3.05, 3.63) is 35.9 Å². The van der Waals surface area contributed by atoms with Crippen LogP contribution in [0, 0.1) is 0 Å². The molecule has 0 unspecified atom stereocenters. The predicted octanol–water partition coefficient (Wildman–Crippen LogP) is 3.27. The van der Waals surface area contributed by atoms with E-state index in [4.69, 9.17) is 5.11 Å². The number of carboxylic acids is 1. The maximum Gasteiger partial charge on any atom is 0.328 e. The molecule has 1 N–H and O–H groups in total. The quantitative estimate of drug-likeness (QED) is 0.666. The fraction of sp³-hybridized carbons (Fsp3) is 0.357. The smallest absolute Gasteiger partial charge is 0.328 e. The number of rotatable bonds is 4. The minimum Gasteiger partial charge on any atom is -0.478 e. The lowest BCUT2D eigenvalue weighted by Crippen LogP contribution is -2.23. The van der Waals surface area contributed by atoms with Crippen LogP contribution in [-0.2, 0) is 4.79 Å². The van der Waals surface area contributed by atoms with Crippen molar-refractivity contribution in [2.45, 2.75) is 19.3 Å². The number of aliphatic carboxylic acids is 1. The van der Waals surface area contributed by atoms with Crippen LogP contribution in [-0.4, -0.2) is 29.2 Å². The molecule has 1 heterocycles. The van der Waals surface area contributed by atoms with Crippen molar-refractivity contribution in [3.8, 4) is 0 Å². The number of carbonyl (C=O) groups is 1. The van der Waals surface area contributed by atoms with Crippen LogP contribution in [0.3, 0.4) is 0 Å². The molecule has 0 saturated carbocycles. The van der Waals surface area contributed by atoms with E-state index in [0.29, 0.717) is 0 Å².